The van der Waals surface area contributed by atoms with Gasteiger partial charge in [0.05, 0.1) is 0 Å². The molecule has 5 heteroatoms. The number of nitrogens with two attached hydrogens (primary N) is 1. The van der Waals surface area contributed by atoms with Crippen molar-refractivity contribution in [3.63, 3.8) is 0 Å². The lowest BCUT2D eigenvalue weighted by Crippen LogP contribution is -2.46. The van der Waals surface area contributed by atoms with Gasteiger partial charge in [-0.05, 0) is 20.3 Å². The van der Waals surface area contributed by atoms with E-state index in [1.165, 1.54) is 11.8 Å². The molecule has 1 aliphatic rings. The fourth-order valence-corrected chi connectivity index (χ4v) is 2.29. The van der Waals surface area contributed by atoms with E-state index in [2.05, 4.69) is 0 Å². The average molecular weight is 215 g/mol. The Morgan fingerprint density at radius 1 is 1.71 bits per heavy atom. The van der Waals surface area contributed by atoms with E-state index in [1.54, 1.807) is 0 Å². The summed E-state index contributed by atoms with van der Waals surface area (Å²) in [5.74, 6) is 0.910. The number of nitrogens with one attached hydrogen (secondary N) is 1. The maximum Gasteiger partial charge on any atom is 0.223 e. The van der Waals surface area contributed by atoms with E-state index < -0.39 is 0 Å². The number of nitrogens with zero attached hydrogens (tertiary/aromatic N) is 1. The smallest absolute Gasteiger partial charge is 0.223 e. The van der Waals surface area contributed by atoms with E-state index in [0.29, 0.717) is 12.2 Å². The van der Waals surface area contributed by atoms with Crippen molar-refractivity contribution < 1.29 is 4.79 Å². The molecule has 4 nitrogen and oxygen atoms in total. The van der Waals surface area contributed by atoms with Crippen LogP contribution in [0.1, 0.15) is 26.7 Å². The van der Waals surface area contributed by atoms with Crippen LogP contribution in [0, 0.1) is 5.41 Å². The monoisotopic (exact) mass is 215 g/mol. The summed E-state index contributed by atoms with van der Waals surface area (Å²) in [6, 6.07) is 0. The molecule has 0 aliphatic carbocycles. The van der Waals surface area contributed by atoms with Crippen LogP contribution >= 0.6 is 11.8 Å². The van der Waals surface area contributed by atoms with Crippen molar-refractivity contribution in [2.24, 2.45) is 5.73 Å². The number of carbonyl (C=O) groups excluding carboxylic acids is 1. The summed E-state index contributed by atoms with van der Waals surface area (Å²) < 4.78 is 0. The number of thioether (sulfide) groups is 1. The minimum Gasteiger partial charge on any atom is -0.379 e. The summed E-state index contributed by atoms with van der Waals surface area (Å²) in [6.07, 6.45) is 1.61. The molecule has 0 aromatic carbocycles. The first-order chi connectivity index (χ1) is 6.43. The Kier molecular flexibility index (Phi) is 3.42. The van der Waals surface area contributed by atoms with Crippen LogP contribution in [0.4, 0.5) is 0 Å². The first-order valence-corrected chi connectivity index (χ1v) is 5.69. The lowest BCUT2D eigenvalue weighted by molar-refractivity contribution is -0.131. The molecule has 0 radical (unpaired) electrons. The van der Waals surface area contributed by atoms with Gasteiger partial charge in [0, 0.05) is 24.3 Å². The Morgan fingerprint density at radius 3 is 2.79 bits per heavy atom. The first-order valence-electron chi connectivity index (χ1n) is 4.71. The zero-order valence-electron chi connectivity index (χ0n) is 8.67. The van der Waals surface area contributed by atoms with Crippen LogP contribution in [0.15, 0.2) is 0 Å². The molecule has 1 saturated heterocycles. The highest BCUT2D eigenvalue weighted by Crippen LogP contribution is 2.25. The number of likely N-dealkylation sites (tertiary alicyclic amines) is 1. The molecule has 1 heterocycles. The van der Waals surface area contributed by atoms with Crippen LogP contribution in [0.25, 0.3) is 0 Å². The van der Waals surface area contributed by atoms with Crippen LogP contribution in [-0.4, -0.2) is 33.8 Å². The van der Waals surface area contributed by atoms with Gasteiger partial charge in [-0.1, -0.05) is 11.8 Å². The Balaban J connectivity index is 2.54. The van der Waals surface area contributed by atoms with Gasteiger partial charge in [0.2, 0.25) is 5.91 Å². The van der Waals surface area contributed by atoms with Gasteiger partial charge in [-0.15, -0.1) is 0 Å². The minimum absolute atomic E-state index is 0.115. The highest BCUT2D eigenvalue weighted by molar-refractivity contribution is 8.13. The molecule has 3 N–H and O–H groups in total. The number of carbonyl (C=O) groups is 1. The predicted octanol–water partition coefficient (Wildman–Crippen LogP) is 1.01. The average Bonchev–Trinajstić information content (AvgIpc) is 2.48. The lowest BCUT2D eigenvalue weighted by atomic mass is 10.1. The molecule has 14 heavy (non-hydrogen) atoms. The minimum atomic E-state index is -0.191. The predicted molar refractivity (Wildman–Crippen MR) is 59.4 cm³/mol. The quantitative estimate of drug-likeness (QED) is 0.545. The first kappa shape index (κ1) is 11.4. The van der Waals surface area contributed by atoms with Crippen LogP contribution in [-0.2, 0) is 4.79 Å². The van der Waals surface area contributed by atoms with E-state index in [0.717, 1.165) is 13.0 Å². The highest BCUT2D eigenvalue weighted by atomic mass is 32.2. The zero-order valence-corrected chi connectivity index (χ0v) is 9.49. The summed E-state index contributed by atoms with van der Waals surface area (Å²) >= 11 is 1.29. The van der Waals surface area contributed by atoms with Crippen molar-refractivity contribution in [2.75, 3.05) is 12.3 Å². The topological polar surface area (TPSA) is 70.2 Å². The number of hydrogen-bond acceptors (Lipinski definition) is 3. The zero-order chi connectivity index (χ0) is 10.8. The maximum atomic E-state index is 11.5. The van der Waals surface area contributed by atoms with E-state index in [4.69, 9.17) is 11.1 Å². The van der Waals surface area contributed by atoms with Crippen molar-refractivity contribution in [2.45, 2.75) is 32.2 Å². The Hall–Kier alpha value is -0.710. The molecule has 1 rings (SSSR count). The Bertz CT molecular complexity index is 252. The molecule has 1 fully saturated rings. The van der Waals surface area contributed by atoms with Gasteiger partial charge in [-0.2, -0.15) is 0 Å². The molecule has 1 aliphatic heterocycles. The number of amidine groups is 1. The van der Waals surface area contributed by atoms with Crippen LogP contribution in [0.2, 0.25) is 0 Å². The number of hydrogen-bond donors (Lipinski definition) is 2. The van der Waals surface area contributed by atoms with Gasteiger partial charge in [0.1, 0.15) is 0 Å². The molecular weight excluding hydrogens is 198 g/mol. The number of amides is 1. The van der Waals surface area contributed by atoms with Crippen LogP contribution in [0.5, 0.6) is 0 Å². The van der Waals surface area contributed by atoms with Crippen molar-refractivity contribution in [3.8, 4) is 0 Å². The standard InChI is InChI=1S/C9H17N3OS/c1-9(2,6-14-8(10)11)12-5-3-4-7(12)13/h3-6H2,1-2H3,(H3,10,11). The van der Waals surface area contributed by atoms with Crippen LogP contribution < -0.4 is 5.73 Å². The Labute approximate surface area is 88.7 Å². The summed E-state index contributed by atoms with van der Waals surface area (Å²) in [5, 5.41) is 7.25. The van der Waals surface area contributed by atoms with Gasteiger partial charge >= 0.3 is 0 Å². The summed E-state index contributed by atoms with van der Waals surface area (Å²) in [4.78, 5) is 13.4. The van der Waals surface area contributed by atoms with E-state index >= 15 is 0 Å². The fourth-order valence-electron chi connectivity index (χ4n) is 1.62. The molecule has 0 saturated carbocycles. The third kappa shape index (κ3) is 2.64. The van der Waals surface area contributed by atoms with Crippen molar-refractivity contribution in [1.29, 1.82) is 5.41 Å². The molecule has 0 bridgehead atoms. The SMILES string of the molecule is CC(C)(CSC(=N)N)N1CCCC1=O. The second kappa shape index (κ2) is 4.21. The second-order valence-electron chi connectivity index (χ2n) is 4.11. The van der Waals surface area contributed by atoms with E-state index in [-0.39, 0.29) is 16.6 Å². The van der Waals surface area contributed by atoms with Crippen molar-refractivity contribution in [1.82, 2.24) is 4.90 Å². The highest BCUT2D eigenvalue weighted by Gasteiger charge is 2.33. The molecule has 0 atom stereocenters. The van der Waals surface area contributed by atoms with E-state index in [1.807, 2.05) is 18.7 Å². The van der Waals surface area contributed by atoms with Gasteiger partial charge in [0.25, 0.3) is 0 Å². The van der Waals surface area contributed by atoms with Gasteiger partial charge in [-0.25, -0.2) is 0 Å². The lowest BCUT2D eigenvalue weighted by Gasteiger charge is -2.35. The normalized spacial score (nSPS) is 17.6. The molecular formula is C9H17N3OS. The van der Waals surface area contributed by atoms with Gasteiger partial charge in [-0.3, -0.25) is 10.2 Å². The third-order valence-electron chi connectivity index (χ3n) is 2.39. The molecule has 0 aromatic heterocycles. The maximum absolute atomic E-state index is 11.5. The number of rotatable bonds is 3. The fraction of sp³-hybridized carbons (Fsp3) is 0.778. The van der Waals surface area contributed by atoms with Gasteiger partial charge < -0.3 is 10.6 Å². The van der Waals surface area contributed by atoms with Gasteiger partial charge in [0.15, 0.2) is 5.17 Å². The molecule has 0 unspecified atom stereocenters. The van der Waals surface area contributed by atoms with Crippen LogP contribution in [0.3, 0.4) is 0 Å². The summed E-state index contributed by atoms with van der Waals surface area (Å²) in [6.45, 7) is 4.88. The van der Waals surface area contributed by atoms with Crippen molar-refractivity contribution in [3.05, 3.63) is 0 Å². The summed E-state index contributed by atoms with van der Waals surface area (Å²) in [7, 11) is 0. The molecule has 1 amide bonds. The third-order valence-corrected chi connectivity index (χ3v) is 3.55. The van der Waals surface area contributed by atoms with E-state index in [9.17, 15) is 4.79 Å². The molecule has 0 aromatic rings. The molecule has 0 spiro atoms. The largest absolute Gasteiger partial charge is 0.379 e. The second-order valence-corrected chi connectivity index (χ2v) is 5.13. The molecule has 80 valence electrons. The Morgan fingerprint density at radius 2 is 2.36 bits per heavy atom. The summed E-state index contributed by atoms with van der Waals surface area (Å²) in [5.41, 5.74) is 5.09. The van der Waals surface area contributed by atoms with Crippen molar-refractivity contribution >= 4 is 22.8 Å².